The Bertz CT molecular complexity index is 855. The van der Waals surface area contributed by atoms with E-state index in [2.05, 4.69) is 69.5 Å². The number of hydrogen-bond donors (Lipinski definition) is 2. The van der Waals surface area contributed by atoms with E-state index in [1.54, 1.807) is 0 Å². The minimum Gasteiger partial charge on any atom is -0.392 e. The van der Waals surface area contributed by atoms with Crippen molar-refractivity contribution in [2.24, 2.45) is 0 Å². The molecule has 2 N–H and O–H groups in total. The van der Waals surface area contributed by atoms with Crippen LogP contribution in [-0.2, 0) is 11.3 Å². The molecule has 0 spiro atoms. The molecule has 2 heterocycles. The van der Waals surface area contributed by atoms with E-state index in [1.165, 1.54) is 11.3 Å². The summed E-state index contributed by atoms with van der Waals surface area (Å²) in [5.41, 5.74) is 2.54. The number of β-amino-alcohol motifs (C(OH)–C–C–N with tert-alkyl or cyclic N) is 1. The molecule has 0 aliphatic carbocycles. The molecule has 33 heavy (non-hydrogen) atoms. The van der Waals surface area contributed by atoms with Gasteiger partial charge in [0.2, 0.25) is 5.91 Å². The van der Waals surface area contributed by atoms with E-state index >= 15 is 0 Å². The molecule has 6 nitrogen and oxygen atoms in total. The second kappa shape index (κ2) is 11.6. The number of aliphatic hydroxyl groups excluding tert-OH is 1. The zero-order chi connectivity index (χ0) is 23.0. The van der Waals surface area contributed by atoms with Crippen molar-refractivity contribution >= 4 is 11.6 Å². The summed E-state index contributed by atoms with van der Waals surface area (Å²) in [6.07, 6.45) is 3.12. The fourth-order valence-electron chi connectivity index (χ4n) is 5.21. The molecule has 0 aromatic heterocycles. The molecule has 6 heteroatoms. The van der Waals surface area contributed by atoms with Crippen molar-refractivity contribution in [2.75, 3.05) is 44.7 Å². The lowest BCUT2D eigenvalue weighted by molar-refractivity contribution is -0.126. The topological polar surface area (TPSA) is 59.1 Å². The van der Waals surface area contributed by atoms with Crippen molar-refractivity contribution in [3.8, 4) is 0 Å². The summed E-state index contributed by atoms with van der Waals surface area (Å²) in [6, 6.07) is 21.1. The van der Waals surface area contributed by atoms with Crippen LogP contribution in [0.5, 0.6) is 0 Å². The molecule has 2 aromatic carbocycles. The van der Waals surface area contributed by atoms with Crippen molar-refractivity contribution in [1.29, 1.82) is 0 Å². The van der Waals surface area contributed by atoms with E-state index in [1.807, 2.05) is 18.2 Å². The Hall–Kier alpha value is -2.41. The van der Waals surface area contributed by atoms with Crippen LogP contribution in [0.3, 0.4) is 0 Å². The van der Waals surface area contributed by atoms with Crippen molar-refractivity contribution in [3.63, 3.8) is 0 Å². The van der Waals surface area contributed by atoms with Gasteiger partial charge in [0, 0.05) is 45.0 Å². The Morgan fingerprint density at radius 2 is 1.73 bits per heavy atom. The standard InChI is InChI=1S/C27H38N4O2/c1-29(23-11-6-3-7-12-23)16-8-15-28-27(33)26-19-25(32)21-31(26)24-13-17-30(18-14-24)20-22-9-4-2-5-10-22/h2-7,9-12,24-26,32H,8,13-21H2,1H3,(H,28,33)/t25-,26+/m1/s1. The van der Waals surface area contributed by atoms with Crippen LogP contribution in [0.15, 0.2) is 60.7 Å². The monoisotopic (exact) mass is 450 g/mol. The van der Waals surface area contributed by atoms with Gasteiger partial charge in [0.1, 0.15) is 0 Å². The highest BCUT2D eigenvalue weighted by Crippen LogP contribution is 2.27. The van der Waals surface area contributed by atoms with Crippen LogP contribution >= 0.6 is 0 Å². The quantitative estimate of drug-likeness (QED) is 0.576. The number of hydrogen-bond acceptors (Lipinski definition) is 5. The second-order valence-corrected chi connectivity index (χ2v) is 9.50. The van der Waals surface area contributed by atoms with E-state index in [0.29, 0.717) is 25.6 Å². The lowest BCUT2D eigenvalue weighted by Gasteiger charge is -2.39. The SMILES string of the molecule is CN(CCCNC(=O)[C@@H]1C[C@@H](O)CN1C1CCN(Cc2ccccc2)CC1)c1ccccc1. The van der Waals surface area contributed by atoms with Crippen LogP contribution in [-0.4, -0.2) is 78.8 Å². The van der Waals surface area contributed by atoms with Gasteiger partial charge in [-0.2, -0.15) is 0 Å². The Labute approximate surface area is 198 Å². The fourth-order valence-corrected chi connectivity index (χ4v) is 5.21. The summed E-state index contributed by atoms with van der Waals surface area (Å²) in [5, 5.41) is 13.5. The van der Waals surface area contributed by atoms with E-state index in [4.69, 9.17) is 0 Å². The molecule has 2 saturated heterocycles. The van der Waals surface area contributed by atoms with Crippen molar-refractivity contribution in [2.45, 2.75) is 50.4 Å². The highest BCUT2D eigenvalue weighted by atomic mass is 16.3. The fraction of sp³-hybridized carbons (Fsp3) is 0.519. The molecule has 0 saturated carbocycles. The van der Waals surface area contributed by atoms with Crippen LogP contribution in [0.4, 0.5) is 5.69 Å². The van der Waals surface area contributed by atoms with Crippen LogP contribution < -0.4 is 10.2 Å². The maximum Gasteiger partial charge on any atom is 0.237 e. The Kier molecular flexibility index (Phi) is 8.37. The van der Waals surface area contributed by atoms with Gasteiger partial charge in [-0.15, -0.1) is 0 Å². The molecule has 2 atom stereocenters. The normalized spacial score (nSPS) is 22.4. The lowest BCUT2D eigenvalue weighted by Crippen LogP contribution is -2.51. The summed E-state index contributed by atoms with van der Waals surface area (Å²) < 4.78 is 0. The molecule has 2 aromatic rings. The molecule has 0 bridgehead atoms. The summed E-state index contributed by atoms with van der Waals surface area (Å²) >= 11 is 0. The smallest absolute Gasteiger partial charge is 0.237 e. The summed E-state index contributed by atoms with van der Waals surface area (Å²) in [4.78, 5) is 20.0. The number of likely N-dealkylation sites (tertiary alicyclic amines) is 2. The van der Waals surface area contributed by atoms with Gasteiger partial charge in [-0.1, -0.05) is 48.5 Å². The maximum atomic E-state index is 13.0. The number of rotatable bonds is 9. The van der Waals surface area contributed by atoms with Gasteiger partial charge >= 0.3 is 0 Å². The third-order valence-corrected chi connectivity index (χ3v) is 7.06. The largest absolute Gasteiger partial charge is 0.392 e. The Balaban J connectivity index is 1.21. The first-order valence-electron chi connectivity index (χ1n) is 12.3. The van der Waals surface area contributed by atoms with E-state index in [9.17, 15) is 9.90 Å². The summed E-state index contributed by atoms with van der Waals surface area (Å²) in [7, 11) is 2.08. The zero-order valence-corrected chi connectivity index (χ0v) is 19.8. The number of para-hydroxylation sites is 1. The molecule has 4 rings (SSSR count). The number of carbonyl (C=O) groups excluding carboxylic acids is 1. The van der Waals surface area contributed by atoms with Gasteiger partial charge in [0.05, 0.1) is 12.1 Å². The minimum atomic E-state index is -0.410. The van der Waals surface area contributed by atoms with Gasteiger partial charge in [0.25, 0.3) is 0 Å². The van der Waals surface area contributed by atoms with Gasteiger partial charge in [0.15, 0.2) is 0 Å². The number of nitrogens with one attached hydrogen (secondary N) is 1. The number of aliphatic hydroxyl groups is 1. The van der Waals surface area contributed by atoms with Gasteiger partial charge < -0.3 is 15.3 Å². The number of benzene rings is 2. The predicted octanol–water partition coefficient (Wildman–Crippen LogP) is 2.73. The number of piperidine rings is 1. The highest BCUT2D eigenvalue weighted by molar-refractivity contribution is 5.82. The molecule has 0 radical (unpaired) electrons. The van der Waals surface area contributed by atoms with E-state index in [0.717, 1.165) is 45.4 Å². The summed E-state index contributed by atoms with van der Waals surface area (Å²) in [6.45, 7) is 5.21. The van der Waals surface area contributed by atoms with Crippen LogP contribution in [0.1, 0.15) is 31.2 Å². The number of amides is 1. The number of anilines is 1. The zero-order valence-electron chi connectivity index (χ0n) is 19.8. The summed E-state index contributed by atoms with van der Waals surface area (Å²) in [5.74, 6) is 0.0700. The van der Waals surface area contributed by atoms with E-state index in [-0.39, 0.29) is 11.9 Å². The average molecular weight is 451 g/mol. The molecular formula is C27H38N4O2. The maximum absolute atomic E-state index is 13.0. The second-order valence-electron chi connectivity index (χ2n) is 9.50. The first-order chi connectivity index (χ1) is 16.1. The van der Waals surface area contributed by atoms with Gasteiger partial charge in [-0.25, -0.2) is 0 Å². The van der Waals surface area contributed by atoms with Crippen LogP contribution in [0, 0.1) is 0 Å². The van der Waals surface area contributed by atoms with Crippen molar-refractivity contribution < 1.29 is 9.90 Å². The van der Waals surface area contributed by atoms with Gasteiger partial charge in [-0.05, 0) is 56.5 Å². The van der Waals surface area contributed by atoms with Crippen molar-refractivity contribution in [3.05, 3.63) is 66.2 Å². The van der Waals surface area contributed by atoms with Crippen LogP contribution in [0.2, 0.25) is 0 Å². The first kappa shape index (κ1) is 23.7. The molecule has 2 fully saturated rings. The first-order valence-corrected chi connectivity index (χ1v) is 12.3. The Morgan fingerprint density at radius 1 is 1.06 bits per heavy atom. The minimum absolute atomic E-state index is 0.0700. The molecular weight excluding hydrogens is 412 g/mol. The number of carbonyl (C=O) groups is 1. The molecule has 2 aliphatic heterocycles. The third-order valence-electron chi connectivity index (χ3n) is 7.06. The molecule has 178 valence electrons. The van der Waals surface area contributed by atoms with Crippen LogP contribution in [0.25, 0.3) is 0 Å². The number of nitrogens with zero attached hydrogens (tertiary/aromatic N) is 3. The van der Waals surface area contributed by atoms with Crippen molar-refractivity contribution in [1.82, 2.24) is 15.1 Å². The lowest BCUT2D eigenvalue weighted by atomic mass is 10.0. The molecule has 0 unspecified atom stereocenters. The van der Waals surface area contributed by atoms with E-state index < -0.39 is 6.10 Å². The molecule has 2 aliphatic rings. The highest BCUT2D eigenvalue weighted by Gasteiger charge is 2.40. The predicted molar refractivity (Wildman–Crippen MR) is 133 cm³/mol. The van der Waals surface area contributed by atoms with Gasteiger partial charge in [-0.3, -0.25) is 14.6 Å². The average Bonchev–Trinajstić information content (AvgIpc) is 3.25. The third kappa shape index (κ3) is 6.56. The Morgan fingerprint density at radius 3 is 2.42 bits per heavy atom. The molecule has 1 amide bonds.